The topological polar surface area (TPSA) is 71.1 Å². The monoisotopic (exact) mass is 301 g/mol. The first kappa shape index (κ1) is 15.6. The van der Waals surface area contributed by atoms with Crippen LogP contribution in [0.3, 0.4) is 0 Å². The van der Waals surface area contributed by atoms with Gasteiger partial charge in [0.2, 0.25) is 10.0 Å². The number of nitrogens with one attached hydrogen (secondary N) is 2. The fourth-order valence-corrected chi connectivity index (χ4v) is 1.64. The number of alkyl halides is 3. The van der Waals surface area contributed by atoms with E-state index >= 15 is 0 Å². The third-order valence-corrected chi connectivity index (χ3v) is 2.68. The van der Waals surface area contributed by atoms with Crippen molar-refractivity contribution in [3.63, 3.8) is 0 Å². The Balaban J connectivity index is 2.68. The van der Waals surface area contributed by atoms with Gasteiger partial charge < -0.3 is 5.32 Å². The number of anilines is 1. The molecule has 108 valence electrons. The second-order valence-electron chi connectivity index (χ2n) is 3.64. The highest BCUT2D eigenvalue weighted by Gasteiger charge is 2.33. The Bertz CT molecular complexity index is 545. The SMILES string of the molecule is CS(=O)(=O)NCCNc1cc(C(F)(F)F)ncc1F. The molecule has 0 saturated carbocycles. The van der Waals surface area contributed by atoms with Gasteiger partial charge in [0.15, 0.2) is 5.82 Å². The lowest BCUT2D eigenvalue weighted by molar-refractivity contribution is -0.141. The van der Waals surface area contributed by atoms with Gasteiger partial charge >= 0.3 is 6.18 Å². The molecule has 0 fully saturated rings. The van der Waals surface area contributed by atoms with E-state index in [1.54, 1.807) is 0 Å². The smallest absolute Gasteiger partial charge is 0.381 e. The van der Waals surface area contributed by atoms with Crippen LogP contribution in [0, 0.1) is 5.82 Å². The second-order valence-corrected chi connectivity index (χ2v) is 5.47. The average molecular weight is 301 g/mol. The summed E-state index contributed by atoms with van der Waals surface area (Å²) < 4.78 is 73.8. The molecule has 1 aromatic heterocycles. The Morgan fingerprint density at radius 1 is 1.32 bits per heavy atom. The van der Waals surface area contributed by atoms with Crippen LogP contribution >= 0.6 is 0 Å². The minimum absolute atomic E-state index is 0.0642. The Kier molecular flexibility index (Phi) is 4.69. The average Bonchev–Trinajstić information content (AvgIpc) is 2.23. The third kappa shape index (κ3) is 5.39. The number of pyridine rings is 1. The van der Waals surface area contributed by atoms with E-state index in [-0.39, 0.29) is 13.1 Å². The lowest BCUT2D eigenvalue weighted by atomic mass is 10.3. The van der Waals surface area contributed by atoms with Gasteiger partial charge in [-0.25, -0.2) is 22.5 Å². The summed E-state index contributed by atoms with van der Waals surface area (Å²) in [7, 11) is -3.40. The van der Waals surface area contributed by atoms with Gasteiger partial charge in [-0.15, -0.1) is 0 Å². The molecule has 0 saturated heterocycles. The maximum atomic E-state index is 13.2. The summed E-state index contributed by atoms with van der Waals surface area (Å²) in [6.07, 6.45) is -3.29. The summed E-state index contributed by atoms with van der Waals surface area (Å²) in [5, 5.41) is 2.36. The highest BCUT2D eigenvalue weighted by molar-refractivity contribution is 7.88. The molecule has 0 unspecified atom stereocenters. The van der Waals surface area contributed by atoms with Crippen LogP contribution in [0.2, 0.25) is 0 Å². The van der Waals surface area contributed by atoms with Gasteiger partial charge in [0, 0.05) is 13.1 Å². The van der Waals surface area contributed by atoms with Crippen LogP contribution in [-0.2, 0) is 16.2 Å². The van der Waals surface area contributed by atoms with Crippen molar-refractivity contribution < 1.29 is 26.0 Å². The molecule has 2 N–H and O–H groups in total. The molecule has 0 aliphatic heterocycles. The van der Waals surface area contributed by atoms with Gasteiger partial charge in [-0.3, -0.25) is 0 Å². The minimum atomic E-state index is -4.67. The molecule has 19 heavy (non-hydrogen) atoms. The Morgan fingerprint density at radius 2 is 1.95 bits per heavy atom. The van der Waals surface area contributed by atoms with Gasteiger partial charge in [-0.1, -0.05) is 0 Å². The Hall–Kier alpha value is -1.42. The van der Waals surface area contributed by atoms with Crippen molar-refractivity contribution in [1.29, 1.82) is 0 Å². The normalized spacial score (nSPS) is 12.5. The third-order valence-electron chi connectivity index (χ3n) is 1.95. The van der Waals surface area contributed by atoms with Crippen molar-refractivity contribution in [2.75, 3.05) is 24.7 Å². The predicted molar refractivity (Wildman–Crippen MR) is 60.5 cm³/mol. The van der Waals surface area contributed by atoms with Crippen LogP contribution < -0.4 is 10.0 Å². The molecule has 0 spiro atoms. The van der Waals surface area contributed by atoms with Gasteiger partial charge in [0.05, 0.1) is 18.1 Å². The molecule has 10 heteroatoms. The largest absolute Gasteiger partial charge is 0.433 e. The van der Waals surface area contributed by atoms with Crippen molar-refractivity contribution in [2.24, 2.45) is 0 Å². The highest BCUT2D eigenvalue weighted by atomic mass is 32.2. The molecule has 0 radical (unpaired) electrons. The number of hydrogen-bond donors (Lipinski definition) is 2. The van der Waals surface area contributed by atoms with Crippen molar-refractivity contribution in [2.45, 2.75) is 6.18 Å². The van der Waals surface area contributed by atoms with Crippen LogP contribution in [0.15, 0.2) is 12.3 Å². The molecule has 0 atom stereocenters. The molecule has 1 rings (SSSR count). The standard InChI is InChI=1S/C9H11F4N3O2S/c1-19(17,18)16-3-2-14-7-4-8(9(11,12)13)15-5-6(7)10/h4-5,16H,2-3H2,1H3,(H,14,15). The first-order valence-electron chi connectivity index (χ1n) is 5.01. The lowest BCUT2D eigenvalue weighted by Gasteiger charge is -2.10. The number of halogens is 4. The van der Waals surface area contributed by atoms with E-state index in [0.29, 0.717) is 12.3 Å². The second kappa shape index (κ2) is 5.70. The van der Waals surface area contributed by atoms with Crippen LogP contribution in [0.1, 0.15) is 5.69 Å². The maximum absolute atomic E-state index is 13.2. The van der Waals surface area contributed by atoms with E-state index in [4.69, 9.17) is 0 Å². The van der Waals surface area contributed by atoms with Crippen molar-refractivity contribution in [1.82, 2.24) is 9.71 Å². The van der Waals surface area contributed by atoms with E-state index in [0.717, 1.165) is 6.26 Å². The lowest BCUT2D eigenvalue weighted by Crippen LogP contribution is -2.27. The van der Waals surface area contributed by atoms with Crippen LogP contribution in [0.5, 0.6) is 0 Å². The van der Waals surface area contributed by atoms with Crippen molar-refractivity contribution in [3.8, 4) is 0 Å². The van der Waals surface area contributed by atoms with E-state index in [1.807, 2.05) is 0 Å². The zero-order valence-corrected chi connectivity index (χ0v) is 10.6. The fourth-order valence-electron chi connectivity index (χ4n) is 1.16. The quantitative estimate of drug-likeness (QED) is 0.633. The summed E-state index contributed by atoms with van der Waals surface area (Å²) in [5.74, 6) is -0.952. The first-order chi connectivity index (χ1) is 8.59. The summed E-state index contributed by atoms with van der Waals surface area (Å²) in [4.78, 5) is 2.93. The van der Waals surface area contributed by atoms with Gasteiger partial charge in [0.25, 0.3) is 0 Å². The van der Waals surface area contributed by atoms with Crippen LogP contribution in [0.25, 0.3) is 0 Å². The van der Waals surface area contributed by atoms with E-state index in [9.17, 15) is 26.0 Å². The first-order valence-corrected chi connectivity index (χ1v) is 6.90. The molecular formula is C9H11F4N3O2S. The number of aromatic nitrogens is 1. The van der Waals surface area contributed by atoms with E-state index in [2.05, 4.69) is 15.0 Å². The molecular weight excluding hydrogens is 290 g/mol. The van der Waals surface area contributed by atoms with Crippen LogP contribution in [0.4, 0.5) is 23.2 Å². The molecule has 0 bridgehead atoms. The molecule has 1 heterocycles. The Labute approximate surface area is 107 Å². The zero-order chi connectivity index (χ0) is 14.7. The molecule has 0 aliphatic rings. The highest BCUT2D eigenvalue weighted by Crippen LogP contribution is 2.29. The van der Waals surface area contributed by atoms with Gasteiger partial charge in [0.1, 0.15) is 5.69 Å². The molecule has 0 amide bonds. The summed E-state index contributed by atoms with van der Waals surface area (Å²) in [5.41, 5.74) is -1.62. The summed E-state index contributed by atoms with van der Waals surface area (Å²) >= 11 is 0. The van der Waals surface area contributed by atoms with Gasteiger partial charge in [-0.2, -0.15) is 13.2 Å². The number of nitrogens with zero attached hydrogens (tertiary/aromatic N) is 1. The van der Waals surface area contributed by atoms with E-state index in [1.165, 1.54) is 0 Å². The van der Waals surface area contributed by atoms with Crippen molar-refractivity contribution >= 4 is 15.7 Å². The summed E-state index contributed by atoms with van der Waals surface area (Å²) in [6, 6.07) is 0.524. The van der Waals surface area contributed by atoms with Crippen molar-refractivity contribution in [3.05, 3.63) is 23.8 Å². The number of sulfonamides is 1. The van der Waals surface area contributed by atoms with Crippen LogP contribution in [-0.4, -0.2) is 32.7 Å². The maximum Gasteiger partial charge on any atom is 0.433 e. The number of rotatable bonds is 5. The predicted octanol–water partition coefficient (Wildman–Crippen LogP) is 1.20. The molecule has 1 aromatic rings. The summed E-state index contributed by atoms with van der Waals surface area (Å²) in [6.45, 7) is -0.146. The zero-order valence-electron chi connectivity index (χ0n) is 9.75. The fraction of sp³-hybridized carbons (Fsp3) is 0.444. The molecule has 0 aliphatic carbocycles. The minimum Gasteiger partial charge on any atom is -0.381 e. The number of hydrogen-bond acceptors (Lipinski definition) is 4. The molecule has 5 nitrogen and oxygen atoms in total. The Morgan fingerprint density at radius 3 is 2.47 bits per heavy atom. The molecule has 0 aromatic carbocycles. The van der Waals surface area contributed by atoms with Gasteiger partial charge in [-0.05, 0) is 6.07 Å². The van der Waals surface area contributed by atoms with E-state index < -0.39 is 33.4 Å².